The number of benzene rings is 1. The van der Waals surface area contributed by atoms with E-state index in [0.717, 1.165) is 30.6 Å². The Hall–Kier alpha value is -0.930. The number of hydrogen-bond donors (Lipinski definition) is 1. The van der Waals surface area contributed by atoms with Crippen LogP contribution in [0.2, 0.25) is 0 Å². The molecule has 96 valence electrons. The maximum Gasteiger partial charge on any atom is 0.123 e. The normalized spacial score (nSPS) is 13.1. The minimum atomic E-state index is -0.159. The fourth-order valence-corrected chi connectivity index (χ4v) is 1.67. The van der Waals surface area contributed by atoms with Crippen LogP contribution in [0.15, 0.2) is 18.2 Å². The molecule has 1 N–H and O–H groups in total. The van der Waals surface area contributed by atoms with Gasteiger partial charge in [0.1, 0.15) is 5.82 Å². The molecule has 1 atom stereocenters. The smallest absolute Gasteiger partial charge is 0.123 e. The molecule has 0 aliphatic carbocycles. The van der Waals surface area contributed by atoms with Crippen LogP contribution in [-0.4, -0.2) is 31.6 Å². The van der Waals surface area contributed by atoms with Gasteiger partial charge in [-0.15, -0.1) is 0 Å². The Morgan fingerprint density at radius 3 is 2.71 bits per heavy atom. The van der Waals surface area contributed by atoms with Gasteiger partial charge in [0.2, 0.25) is 0 Å². The molecule has 0 aliphatic heterocycles. The van der Waals surface area contributed by atoms with E-state index in [9.17, 15) is 4.39 Å². The topological polar surface area (TPSA) is 15.3 Å². The van der Waals surface area contributed by atoms with Crippen LogP contribution in [0.3, 0.4) is 0 Å². The van der Waals surface area contributed by atoms with E-state index in [-0.39, 0.29) is 5.82 Å². The summed E-state index contributed by atoms with van der Waals surface area (Å²) >= 11 is 0. The summed E-state index contributed by atoms with van der Waals surface area (Å²) in [6.45, 7) is 5.98. The standard InChI is InChI=1S/C14H23FN2/c1-11-5-6-14(15)9-13(11)10-16-12(2)7-8-17(3)4/h5-6,9,12,16H,7-8,10H2,1-4H3. The highest BCUT2D eigenvalue weighted by atomic mass is 19.1. The van der Waals surface area contributed by atoms with Crippen LogP contribution in [0.1, 0.15) is 24.5 Å². The molecule has 0 heterocycles. The van der Waals surface area contributed by atoms with Crippen molar-refractivity contribution in [2.75, 3.05) is 20.6 Å². The molecular formula is C14H23FN2. The molecule has 0 amide bonds. The van der Waals surface area contributed by atoms with Crippen LogP contribution in [-0.2, 0) is 6.54 Å². The molecule has 0 saturated carbocycles. The van der Waals surface area contributed by atoms with Gasteiger partial charge in [0.05, 0.1) is 0 Å². The van der Waals surface area contributed by atoms with E-state index in [1.165, 1.54) is 6.07 Å². The van der Waals surface area contributed by atoms with Crippen molar-refractivity contribution in [2.45, 2.75) is 32.9 Å². The largest absolute Gasteiger partial charge is 0.310 e. The van der Waals surface area contributed by atoms with Crippen LogP contribution in [0.5, 0.6) is 0 Å². The summed E-state index contributed by atoms with van der Waals surface area (Å²) in [6, 6.07) is 5.40. The second-order valence-corrected chi connectivity index (χ2v) is 4.94. The van der Waals surface area contributed by atoms with Gasteiger partial charge in [-0.25, -0.2) is 4.39 Å². The van der Waals surface area contributed by atoms with Crippen LogP contribution in [0.4, 0.5) is 4.39 Å². The Balaban J connectivity index is 2.41. The van der Waals surface area contributed by atoms with Gasteiger partial charge < -0.3 is 10.2 Å². The van der Waals surface area contributed by atoms with Crippen LogP contribution in [0.25, 0.3) is 0 Å². The second kappa shape index (κ2) is 6.72. The lowest BCUT2D eigenvalue weighted by Gasteiger charge is -2.17. The van der Waals surface area contributed by atoms with E-state index in [4.69, 9.17) is 0 Å². The predicted molar refractivity (Wildman–Crippen MR) is 70.6 cm³/mol. The lowest BCUT2D eigenvalue weighted by Crippen LogP contribution is -2.29. The zero-order valence-electron chi connectivity index (χ0n) is 11.3. The first kappa shape index (κ1) is 14.1. The van der Waals surface area contributed by atoms with Crippen molar-refractivity contribution in [1.29, 1.82) is 0 Å². The van der Waals surface area contributed by atoms with Crippen molar-refractivity contribution in [3.8, 4) is 0 Å². The molecule has 0 aliphatic rings. The lowest BCUT2D eigenvalue weighted by atomic mass is 10.1. The number of aryl methyl sites for hydroxylation is 1. The highest BCUT2D eigenvalue weighted by Crippen LogP contribution is 2.10. The molecule has 0 fully saturated rings. The zero-order chi connectivity index (χ0) is 12.8. The molecule has 1 aromatic carbocycles. The van der Waals surface area contributed by atoms with Crippen LogP contribution < -0.4 is 5.32 Å². The van der Waals surface area contributed by atoms with Crippen molar-refractivity contribution in [1.82, 2.24) is 10.2 Å². The van der Waals surface area contributed by atoms with E-state index >= 15 is 0 Å². The Kier molecular flexibility index (Phi) is 5.59. The first-order chi connectivity index (χ1) is 7.99. The quantitative estimate of drug-likeness (QED) is 0.819. The third-order valence-corrected chi connectivity index (χ3v) is 2.96. The van der Waals surface area contributed by atoms with Gasteiger partial charge in [0.15, 0.2) is 0 Å². The maximum absolute atomic E-state index is 13.1. The van der Waals surface area contributed by atoms with E-state index < -0.39 is 0 Å². The molecule has 1 rings (SSSR count). The molecule has 0 aromatic heterocycles. The van der Waals surface area contributed by atoms with E-state index in [1.807, 2.05) is 13.0 Å². The van der Waals surface area contributed by atoms with Gasteiger partial charge >= 0.3 is 0 Å². The third kappa shape index (κ3) is 5.29. The van der Waals surface area contributed by atoms with Gasteiger partial charge in [-0.05, 0) is 64.2 Å². The Morgan fingerprint density at radius 2 is 2.06 bits per heavy atom. The summed E-state index contributed by atoms with van der Waals surface area (Å²) in [6.07, 6.45) is 1.10. The van der Waals surface area contributed by atoms with Gasteiger partial charge in [0, 0.05) is 12.6 Å². The highest BCUT2D eigenvalue weighted by Gasteiger charge is 2.04. The van der Waals surface area contributed by atoms with E-state index in [0.29, 0.717) is 6.04 Å². The third-order valence-electron chi connectivity index (χ3n) is 2.96. The fourth-order valence-electron chi connectivity index (χ4n) is 1.67. The van der Waals surface area contributed by atoms with Crippen molar-refractivity contribution >= 4 is 0 Å². The summed E-state index contributed by atoms with van der Waals surface area (Å²) in [5, 5.41) is 3.43. The Bertz CT molecular complexity index is 350. The molecule has 17 heavy (non-hydrogen) atoms. The van der Waals surface area contributed by atoms with Gasteiger partial charge in [0.25, 0.3) is 0 Å². The van der Waals surface area contributed by atoms with Gasteiger partial charge in [-0.3, -0.25) is 0 Å². The van der Waals surface area contributed by atoms with Gasteiger partial charge in [-0.1, -0.05) is 6.07 Å². The summed E-state index contributed by atoms with van der Waals surface area (Å²) < 4.78 is 13.1. The maximum atomic E-state index is 13.1. The molecular weight excluding hydrogens is 215 g/mol. The van der Waals surface area contributed by atoms with Crippen LogP contribution >= 0.6 is 0 Å². The summed E-state index contributed by atoms with van der Waals surface area (Å²) in [5.41, 5.74) is 2.18. The molecule has 2 nitrogen and oxygen atoms in total. The van der Waals surface area contributed by atoms with Crippen molar-refractivity contribution in [3.05, 3.63) is 35.1 Å². The zero-order valence-corrected chi connectivity index (χ0v) is 11.3. The Morgan fingerprint density at radius 1 is 1.35 bits per heavy atom. The summed E-state index contributed by atoms with van der Waals surface area (Å²) in [7, 11) is 4.15. The molecule has 1 aromatic rings. The first-order valence-corrected chi connectivity index (χ1v) is 6.12. The van der Waals surface area contributed by atoms with E-state index in [2.05, 4.69) is 31.2 Å². The summed E-state index contributed by atoms with van der Waals surface area (Å²) in [5.74, 6) is -0.159. The number of rotatable bonds is 6. The molecule has 0 radical (unpaired) electrons. The van der Waals surface area contributed by atoms with Crippen LogP contribution in [0, 0.1) is 12.7 Å². The summed E-state index contributed by atoms with van der Waals surface area (Å²) in [4.78, 5) is 2.17. The minimum absolute atomic E-state index is 0.159. The number of hydrogen-bond acceptors (Lipinski definition) is 2. The van der Waals surface area contributed by atoms with E-state index in [1.54, 1.807) is 6.07 Å². The first-order valence-electron chi connectivity index (χ1n) is 6.12. The average Bonchev–Trinajstić information content (AvgIpc) is 2.27. The second-order valence-electron chi connectivity index (χ2n) is 4.94. The highest BCUT2D eigenvalue weighted by molar-refractivity contribution is 5.26. The SMILES string of the molecule is Cc1ccc(F)cc1CNC(C)CCN(C)C. The average molecular weight is 238 g/mol. The monoisotopic (exact) mass is 238 g/mol. The fraction of sp³-hybridized carbons (Fsp3) is 0.571. The number of halogens is 1. The van der Waals surface area contributed by atoms with Gasteiger partial charge in [-0.2, -0.15) is 0 Å². The lowest BCUT2D eigenvalue weighted by molar-refractivity contribution is 0.365. The molecule has 1 unspecified atom stereocenters. The van der Waals surface area contributed by atoms with Crippen molar-refractivity contribution < 1.29 is 4.39 Å². The minimum Gasteiger partial charge on any atom is -0.310 e. The number of nitrogens with one attached hydrogen (secondary N) is 1. The predicted octanol–water partition coefficient (Wildman–Crippen LogP) is 2.56. The molecule has 0 spiro atoms. The number of nitrogens with zero attached hydrogens (tertiary/aromatic N) is 1. The van der Waals surface area contributed by atoms with Crippen molar-refractivity contribution in [2.24, 2.45) is 0 Å². The molecule has 0 saturated heterocycles. The van der Waals surface area contributed by atoms with Crippen molar-refractivity contribution in [3.63, 3.8) is 0 Å². The Labute approximate surface area is 104 Å². The molecule has 3 heteroatoms. The molecule has 0 bridgehead atoms.